The molecule has 1 aliphatic heterocycles. The van der Waals surface area contributed by atoms with Gasteiger partial charge >= 0.3 is 5.97 Å². The van der Waals surface area contributed by atoms with Gasteiger partial charge in [0.05, 0.1) is 34.2 Å². The van der Waals surface area contributed by atoms with E-state index in [2.05, 4.69) is 5.32 Å². The predicted octanol–water partition coefficient (Wildman–Crippen LogP) is 4.58. The van der Waals surface area contributed by atoms with E-state index in [0.717, 1.165) is 28.7 Å². The lowest BCUT2D eigenvalue weighted by Crippen LogP contribution is -2.29. The SMILES string of the molecule is CCCC1=C(C(=O)OCC)[C@@H](c2ccc([N+](=O)[O-])cc2)n2c(nc3ccccc32)N1. The molecule has 3 aromatic rings. The minimum atomic E-state index is -0.505. The Morgan fingerprint density at radius 1 is 1.20 bits per heavy atom. The van der Waals surface area contributed by atoms with Gasteiger partial charge in [-0.15, -0.1) is 0 Å². The zero-order valence-corrected chi connectivity index (χ0v) is 16.8. The van der Waals surface area contributed by atoms with Gasteiger partial charge in [-0.2, -0.15) is 0 Å². The molecule has 0 spiro atoms. The summed E-state index contributed by atoms with van der Waals surface area (Å²) in [6.07, 6.45) is 1.49. The van der Waals surface area contributed by atoms with E-state index in [1.807, 2.05) is 35.8 Å². The van der Waals surface area contributed by atoms with Crippen LogP contribution >= 0.6 is 0 Å². The van der Waals surface area contributed by atoms with Crippen molar-refractivity contribution in [1.82, 2.24) is 9.55 Å². The summed E-state index contributed by atoms with van der Waals surface area (Å²) in [5.74, 6) is 0.233. The van der Waals surface area contributed by atoms with Crippen molar-refractivity contribution in [3.63, 3.8) is 0 Å². The number of esters is 1. The minimum Gasteiger partial charge on any atom is -0.463 e. The Morgan fingerprint density at radius 3 is 2.60 bits per heavy atom. The number of rotatable bonds is 6. The van der Waals surface area contributed by atoms with Crippen molar-refractivity contribution in [2.24, 2.45) is 0 Å². The number of allylic oxidation sites excluding steroid dienone is 1. The highest BCUT2D eigenvalue weighted by molar-refractivity contribution is 5.94. The highest BCUT2D eigenvalue weighted by Gasteiger charge is 2.36. The third-order valence-electron chi connectivity index (χ3n) is 5.13. The maximum absolute atomic E-state index is 13.0. The molecule has 1 aromatic heterocycles. The van der Waals surface area contributed by atoms with E-state index in [1.165, 1.54) is 12.1 Å². The Morgan fingerprint density at radius 2 is 1.93 bits per heavy atom. The number of non-ortho nitro benzene ring substituents is 1. The van der Waals surface area contributed by atoms with Crippen molar-refractivity contribution in [2.45, 2.75) is 32.7 Å². The van der Waals surface area contributed by atoms with Crippen LogP contribution in [0.15, 0.2) is 59.8 Å². The first-order chi connectivity index (χ1) is 14.5. The maximum atomic E-state index is 13.0. The lowest BCUT2D eigenvalue weighted by molar-refractivity contribution is -0.384. The molecule has 0 fully saturated rings. The molecule has 2 heterocycles. The predicted molar refractivity (Wildman–Crippen MR) is 113 cm³/mol. The zero-order chi connectivity index (χ0) is 21.3. The molecule has 0 saturated carbocycles. The number of hydrogen-bond donors (Lipinski definition) is 1. The minimum absolute atomic E-state index is 0.00107. The quantitative estimate of drug-likeness (QED) is 0.365. The number of fused-ring (bicyclic) bond motifs is 3. The summed E-state index contributed by atoms with van der Waals surface area (Å²) in [5, 5.41) is 14.4. The Kier molecular flexibility index (Phi) is 5.22. The average molecular weight is 406 g/mol. The Hall–Kier alpha value is -3.68. The van der Waals surface area contributed by atoms with Crippen molar-refractivity contribution < 1.29 is 14.5 Å². The van der Waals surface area contributed by atoms with Crippen LogP contribution in [-0.2, 0) is 9.53 Å². The molecule has 1 atom stereocenters. The highest BCUT2D eigenvalue weighted by Crippen LogP contribution is 2.40. The van der Waals surface area contributed by atoms with E-state index in [-0.39, 0.29) is 12.3 Å². The number of nitro benzene ring substituents is 1. The maximum Gasteiger partial charge on any atom is 0.338 e. The van der Waals surface area contributed by atoms with Gasteiger partial charge in [0.2, 0.25) is 5.95 Å². The van der Waals surface area contributed by atoms with E-state index >= 15 is 0 Å². The highest BCUT2D eigenvalue weighted by atomic mass is 16.6. The number of benzene rings is 2. The van der Waals surface area contributed by atoms with E-state index in [0.29, 0.717) is 17.9 Å². The molecule has 0 aliphatic carbocycles. The third kappa shape index (κ3) is 3.30. The van der Waals surface area contributed by atoms with E-state index < -0.39 is 16.9 Å². The number of imidazole rings is 1. The molecule has 0 radical (unpaired) electrons. The van der Waals surface area contributed by atoms with Gasteiger partial charge in [-0.25, -0.2) is 9.78 Å². The largest absolute Gasteiger partial charge is 0.463 e. The number of nitro groups is 1. The molecule has 0 saturated heterocycles. The topological polar surface area (TPSA) is 99.3 Å². The van der Waals surface area contributed by atoms with Crippen molar-refractivity contribution in [3.8, 4) is 0 Å². The number of hydrogen-bond acceptors (Lipinski definition) is 6. The number of nitrogens with one attached hydrogen (secondary N) is 1. The molecule has 1 N–H and O–H groups in total. The van der Waals surface area contributed by atoms with Crippen LogP contribution in [0.4, 0.5) is 11.6 Å². The number of anilines is 1. The van der Waals surface area contributed by atoms with E-state index in [1.54, 1.807) is 19.1 Å². The van der Waals surface area contributed by atoms with Gasteiger partial charge in [0, 0.05) is 17.8 Å². The average Bonchev–Trinajstić information content (AvgIpc) is 3.11. The summed E-state index contributed by atoms with van der Waals surface area (Å²) in [6, 6.07) is 13.5. The molecule has 0 unspecified atom stereocenters. The number of aromatic nitrogens is 2. The lowest BCUT2D eigenvalue weighted by Gasteiger charge is -2.31. The first kappa shape index (κ1) is 19.6. The standard InChI is InChI=1S/C22H22N4O4/c1-3-7-17-19(21(27)30-4-2)20(14-10-12-15(13-11-14)26(28)29)25-18-9-6-5-8-16(18)23-22(25)24-17/h5-6,8-13,20H,3-4,7H2,1-2H3,(H,23,24)/t20-/m1/s1. The van der Waals surface area contributed by atoms with Crippen molar-refractivity contribution in [1.29, 1.82) is 0 Å². The molecule has 1 aliphatic rings. The van der Waals surface area contributed by atoms with Crippen LogP contribution in [0.5, 0.6) is 0 Å². The van der Waals surface area contributed by atoms with Gasteiger partial charge in [0.15, 0.2) is 0 Å². The molecule has 154 valence electrons. The molecule has 8 nitrogen and oxygen atoms in total. The van der Waals surface area contributed by atoms with Gasteiger partial charge in [-0.1, -0.05) is 25.5 Å². The Labute approximate surface area is 173 Å². The van der Waals surface area contributed by atoms with Crippen LogP contribution in [0.3, 0.4) is 0 Å². The Bertz CT molecular complexity index is 1150. The molecule has 2 aromatic carbocycles. The van der Waals surface area contributed by atoms with Gasteiger partial charge < -0.3 is 10.1 Å². The number of carbonyl (C=O) groups is 1. The summed E-state index contributed by atoms with van der Waals surface area (Å²) in [5.41, 5.74) is 3.68. The van der Waals surface area contributed by atoms with Crippen molar-refractivity contribution in [2.75, 3.05) is 11.9 Å². The Balaban J connectivity index is 1.96. The normalized spacial score (nSPS) is 15.6. The van der Waals surface area contributed by atoms with Gasteiger partial charge in [0.25, 0.3) is 5.69 Å². The fourth-order valence-corrected chi connectivity index (χ4v) is 3.88. The lowest BCUT2D eigenvalue weighted by atomic mass is 9.93. The molecule has 4 rings (SSSR count). The summed E-state index contributed by atoms with van der Waals surface area (Å²) >= 11 is 0. The second-order valence-corrected chi connectivity index (χ2v) is 7.03. The number of nitrogens with zero attached hydrogens (tertiary/aromatic N) is 3. The zero-order valence-electron chi connectivity index (χ0n) is 16.8. The summed E-state index contributed by atoms with van der Waals surface area (Å²) in [4.78, 5) is 28.4. The first-order valence-electron chi connectivity index (χ1n) is 9.93. The monoisotopic (exact) mass is 406 g/mol. The summed E-state index contributed by atoms with van der Waals surface area (Å²) in [6.45, 7) is 4.06. The fourth-order valence-electron chi connectivity index (χ4n) is 3.88. The van der Waals surface area contributed by atoms with Crippen LogP contribution in [-0.4, -0.2) is 27.1 Å². The van der Waals surface area contributed by atoms with Crippen LogP contribution < -0.4 is 5.32 Å². The molecule has 8 heteroatoms. The second-order valence-electron chi connectivity index (χ2n) is 7.03. The molecule has 0 bridgehead atoms. The van der Waals surface area contributed by atoms with E-state index in [4.69, 9.17) is 9.72 Å². The van der Waals surface area contributed by atoms with Gasteiger partial charge in [-0.3, -0.25) is 14.7 Å². The van der Waals surface area contributed by atoms with Crippen LogP contribution in [0.2, 0.25) is 0 Å². The van der Waals surface area contributed by atoms with Gasteiger partial charge in [0.1, 0.15) is 0 Å². The van der Waals surface area contributed by atoms with Crippen molar-refractivity contribution in [3.05, 3.63) is 75.5 Å². The number of ether oxygens (including phenoxy) is 1. The van der Waals surface area contributed by atoms with Crippen LogP contribution in [0.25, 0.3) is 11.0 Å². The fraction of sp³-hybridized carbons (Fsp3) is 0.273. The van der Waals surface area contributed by atoms with Crippen LogP contribution in [0, 0.1) is 10.1 Å². The molecule has 30 heavy (non-hydrogen) atoms. The summed E-state index contributed by atoms with van der Waals surface area (Å²) < 4.78 is 7.36. The smallest absolute Gasteiger partial charge is 0.338 e. The molecular weight excluding hydrogens is 384 g/mol. The number of carbonyl (C=O) groups excluding carboxylic acids is 1. The first-order valence-corrected chi connectivity index (χ1v) is 9.93. The van der Waals surface area contributed by atoms with Crippen molar-refractivity contribution >= 4 is 28.6 Å². The number of para-hydroxylation sites is 2. The third-order valence-corrected chi connectivity index (χ3v) is 5.13. The van der Waals surface area contributed by atoms with E-state index in [9.17, 15) is 14.9 Å². The second kappa shape index (κ2) is 7.98. The van der Waals surface area contributed by atoms with Gasteiger partial charge in [-0.05, 0) is 43.2 Å². The molecular formula is C22H22N4O4. The molecule has 0 amide bonds. The summed E-state index contributed by atoms with van der Waals surface area (Å²) in [7, 11) is 0. The van der Waals surface area contributed by atoms with Crippen LogP contribution in [0.1, 0.15) is 38.3 Å².